The van der Waals surface area contributed by atoms with Crippen LogP contribution in [-0.4, -0.2) is 34.8 Å². The minimum Gasteiger partial charge on any atom is -0.336 e. The second-order valence-electron chi connectivity index (χ2n) is 5.50. The fourth-order valence-corrected chi connectivity index (χ4v) is 4.36. The van der Waals surface area contributed by atoms with E-state index in [-0.39, 0.29) is 17.7 Å². The molecule has 0 spiro atoms. The molecular weight excluding hydrogens is 366 g/mol. The average molecular weight is 378 g/mol. The van der Waals surface area contributed by atoms with Crippen LogP contribution in [0.15, 0.2) is 35.7 Å². The van der Waals surface area contributed by atoms with Crippen molar-refractivity contribution in [3.63, 3.8) is 0 Å². The summed E-state index contributed by atoms with van der Waals surface area (Å²) in [6.07, 6.45) is 0. The van der Waals surface area contributed by atoms with Gasteiger partial charge < -0.3 is 10.2 Å². The Morgan fingerprint density at radius 1 is 1.29 bits per heavy atom. The van der Waals surface area contributed by atoms with Crippen LogP contribution in [-0.2, 0) is 4.79 Å². The topological polar surface area (TPSA) is 62.3 Å². The summed E-state index contributed by atoms with van der Waals surface area (Å²) < 4.78 is 0.931. The van der Waals surface area contributed by atoms with Gasteiger partial charge in [-0.15, -0.1) is 11.3 Å². The number of rotatable bonds is 3. The summed E-state index contributed by atoms with van der Waals surface area (Å²) in [5.74, 6) is -0.302. The van der Waals surface area contributed by atoms with E-state index >= 15 is 0 Å². The molecule has 0 saturated carbocycles. The molecule has 1 aliphatic heterocycles. The molecule has 0 unspecified atom stereocenters. The lowest BCUT2D eigenvalue weighted by Crippen LogP contribution is -2.54. The Morgan fingerprint density at radius 2 is 2.12 bits per heavy atom. The van der Waals surface area contributed by atoms with Crippen LogP contribution in [0.2, 0.25) is 5.02 Å². The van der Waals surface area contributed by atoms with Crippen molar-refractivity contribution in [3.8, 4) is 0 Å². The van der Waals surface area contributed by atoms with Crippen molar-refractivity contribution >= 4 is 61.4 Å². The number of hydrogen-bond acceptors (Lipinski definition) is 5. The van der Waals surface area contributed by atoms with Gasteiger partial charge in [0.05, 0.1) is 21.0 Å². The van der Waals surface area contributed by atoms with Gasteiger partial charge >= 0.3 is 0 Å². The molecule has 0 atom stereocenters. The number of nitrogens with zero attached hydrogens (tertiary/aromatic N) is 2. The summed E-state index contributed by atoms with van der Waals surface area (Å²) >= 11 is 8.76. The van der Waals surface area contributed by atoms with Gasteiger partial charge in [0.2, 0.25) is 5.91 Å². The molecule has 122 valence electrons. The van der Waals surface area contributed by atoms with Crippen molar-refractivity contribution in [2.75, 3.05) is 18.4 Å². The Bertz CT molecular complexity index is 917. The normalized spacial score (nSPS) is 14.6. The monoisotopic (exact) mass is 377 g/mol. The zero-order chi connectivity index (χ0) is 16.7. The first-order valence-electron chi connectivity index (χ1n) is 7.30. The first-order valence-corrected chi connectivity index (χ1v) is 9.37. The van der Waals surface area contributed by atoms with Crippen molar-refractivity contribution in [1.29, 1.82) is 0 Å². The molecule has 1 aromatic carbocycles. The number of anilines is 1. The third-order valence-electron chi connectivity index (χ3n) is 3.85. The second kappa shape index (κ2) is 6.16. The van der Waals surface area contributed by atoms with Crippen LogP contribution in [0.5, 0.6) is 0 Å². The number of thiazole rings is 1. The van der Waals surface area contributed by atoms with Crippen LogP contribution < -0.4 is 5.32 Å². The summed E-state index contributed by atoms with van der Waals surface area (Å²) in [5, 5.41) is 5.91. The van der Waals surface area contributed by atoms with Gasteiger partial charge in [0.25, 0.3) is 5.91 Å². The molecule has 8 heteroatoms. The summed E-state index contributed by atoms with van der Waals surface area (Å²) in [4.78, 5) is 31.2. The molecule has 1 N–H and O–H groups in total. The van der Waals surface area contributed by atoms with Crippen molar-refractivity contribution < 1.29 is 9.59 Å². The van der Waals surface area contributed by atoms with Gasteiger partial charge in [0.1, 0.15) is 0 Å². The number of carbonyl (C=O) groups is 2. The molecule has 0 aliphatic carbocycles. The first-order chi connectivity index (χ1) is 11.6. The van der Waals surface area contributed by atoms with Crippen LogP contribution in [0.1, 0.15) is 9.67 Å². The maximum Gasteiger partial charge on any atom is 0.263 e. The second-order valence-corrected chi connectivity index (χ2v) is 7.92. The van der Waals surface area contributed by atoms with Gasteiger partial charge in [-0.3, -0.25) is 9.59 Å². The van der Waals surface area contributed by atoms with E-state index in [2.05, 4.69) is 10.3 Å². The van der Waals surface area contributed by atoms with E-state index in [1.807, 2.05) is 23.6 Å². The summed E-state index contributed by atoms with van der Waals surface area (Å²) in [6.45, 7) is 0.887. The lowest BCUT2D eigenvalue weighted by atomic mass is 9.99. The number of thiophene rings is 1. The Labute approximate surface area is 150 Å². The number of hydrogen-bond donors (Lipinski definition) is 1. The largest absolute Gasteiger partial charge is 0.336 e. The van der Waals surface area contributed by atoms with Gasteiger partial charge in [-0.2, -0.15) is 0 Å². The maximum absolute atomic E-state index is 12.3. The number of carbonyl (C=O) groups excluding carboxylic acids is 2. The predicted molar refractivity (Wildman–Crippen MR) is 97.0 cm³/mol. The smallest absolute Gasteiger partial charge is 0.263 e. The van der Waals surface area contributed by atoms with E-state index in [4.69, 9.17) is 11.6 Å². The third kappa shape index (κ3) is 2.90. The average Bonchev–Trinajstić information content (AvgIpc) is 3.13. The molecule has 1 saturated heterocycles. The molecule has 0 bridgehead atoms. The summed E-state index contributed by atoms with van der Waals surface area (Å²) in [5.41, 5.74) is 0.808. The Balaban J connectivity index is 1.38. The molecule has 0 radical (unpaired) electrons. The lowest BCUT2D eigenvalue weighted by molar-refractivity contribution is -0.123. The number of benzene rings is 1. The van der Waals surface area contributed by atoms with Crippen molar-refractivity contribution in [2.45, 2.75) is 0 Å². The van der Waals surface area contributed by atoms with Crippen LogP contribution in [0.4, 0.5) is 5.13 Å². The highest BCUT2D eigenvalue weighted by Gasteiger charge is 2.36. The highest BCUT2D eigenvalue weighted by atomic mass is 35.5. The molecule has 24 heavy (non-hydrogen) atoms. The molecule has 2 aromatic heterocycles. The third-order valence-corrected chi connectivity index (χ3v) is 5.88. The molecule has 1 aliphatic rings. The molecule has 5 nitrogen and oxygen atoms in total. The number of fused-ring (bicyclic) bond motifs is 1. The predicted octanol–water partition coefficient (Wildman–Crippen LogP) is 3.72. The van der Waals surface area contributed by atoms with Crippen LogP contribution in [0.25, 0.3) is 10.2 Å². The number of nitrogens with one attached hydrogen (secondary N) is 1. The lowest BCUT2D eigenvalue weighted by Gasteiger charge is -2.37. The van der Waals surface area contributed by atoms with Crippen LogP contribution in [0, 0.1) is 5.92 Å². The molecule has 1 fully saturated rings. The van der Waals surface area contributed by atoms with Gasteiger partial charge in [0, 0.05) is 18.1 Å². The number of halogens is 1. The summed E-state index contributed by atoms with van der Waals surface area (Å²) in [7, 11) is 0. The molecule has 3 aromatic rings. The Kier molecular flexibility index (Phi) is 3.99. The minimum atomic E-state index is -0.190. The SMILES string of the molecule is O=C(Nc1nc2ccc(Cl)cc2s1)C1CN(C(=O)c2cccs2)C1. The summed E-state index contributed by atoms with van der Waals surface area (Å²) in [6, 6.07) is 9.08. The quantitative estimate of drug-likeness (QED) is 0.756. The highest BCUT2D eigenvalue weighted by molar-refractivity contribution is 7.22. The van der Waals surface area contributed by atoms with Crippen molar-refractivity contribution in [2.24, 2.45) is 5.92 Å². The zero-order valence-electron chi connectivity index (χ0n) is 12.4. The first kappa shape index (κ1) is 15.6. The van der Waals surface area contributed by atoms with E-state index in [1.54, 1.807) is 17.0 Å². The van der Waals surface area contributed by atoms with Crippen LogP contribution in [0.3, 0.4) is 0 Å². The molecule has 4 rings (SSSR count). The number of amides is 2. The van der Waals surface area contributed by atoms with Gasteiger partial charge in [-0.1, -0.05) is 29.0 Å². The minimum absolute atomic E-state index is 0.0105. The molecule has 2 amide bonds. The van der Waals surface area contributed by atoms with E-state index in [1.165, 1.54) is 22.7 Å². The zero-order valence-corrected chi connectivity index (χ0v) is 14.7. The maximum atomic E-state index is 12.3. The standard InChI is InChI=1S/C16H12ClN3O2S2/c17-10-3-4-11-13(6-10)24-16(18-11)19-14(21)9-7-20(8-9)15(22)12-2-1-5-23-12/h1-6,9H,7-8H2,(H,18,19,21). The van der Waals surface area contributed by atoms with Gasteiger partial charge in [0.15, 0.2) is 5.13 Å². The number of aromatic nitrogens is 1. The highest BCUT2D eigenvalue weighted by Crippen LogP contribution is 2.29. The molecule has 3 heterocycles. The van der Waals surface area contributed by atoms with E-state index in [9.17, 15) is 9.59 Å². The van der Waals surface area contributed by atoms with Crippen molar-refractivity contribution in [1.82, 2.24) is 9.88 Å². The Morgan fingerprint density at radius 3 is 2.88 bits per heavy atom. The van der Waals surface area contributed by atoms with Gasteiger partial charge in [-0.05, 0) is 29.6 Å². The fraction of sp³-hybridized carbons (Fsp3) is 0.188. The Hall–Kier alpha value is -1.96. The van der Waals surface area contributed by atoms with E-state index in [0.717, 1.165) is 10.2 Å². The van der Waals surface area contributed by atoms with E-state index in [0.29, 0.717) is 28.1 Å². The van der Waals surface area contributed by atoms with Crippen molar-refractivity contribution in [3.05, 3.63) is 45.6 Å². The molecular formula is C16H12ClN3O2S2. The van der Waals surface area contributed by atoms with Crippen LogP contribution >= 0.6 is 34.3 Å². The fourth-order valence-electron chi connectivity index (χ4n) is 2.53. The van der Waals surface area contributed by atoms with Gasteiger partial charge in [-0.25, -0.2) is 4.98 Å². The number of likely N-dealkylation sites (tertiary alicyclic amines) is 1. The van der Waals surface area contributed by atoms with E-state index < -0.39 is 0 Å².